The van der Waals surface area contributed by atoms with E-state index in [1.807, 2.05) is 154 Å². The number of pyridine rings is 6. The Balaban J connectivity index is 0.000000640. The zero-order valence-corrected chi connectivity index (χ0v) is 72.4. The van der Waals surface area contributed by atoms with E-state index in [2.05, 4.69) is 65.6 Å². The Labute approximate surface area is 711 Å². The number of carbonyl (C=O) groups is 2. The molecule has 0 unspecified atom stereocenters. The number of aryl methyl sites for hydroxylation is 2. The number of benzene rings is 7. The van der Waals surface area contributed by atoms with E-state index >= 15 is 0 Å². The number of para-hydroxylation sites is 1. The molecule has 7 aromatic carbocycles. The summed E-state index contributed by atoms with van der Waals surface area (Å²) in [4.78, 5) is 45.1. The summed E-state index contributed by atoms with van der Waals surface area (Å²) < 4.78 is 77.5. The Bertz CT molecular complexity index is 4880. The normalized spacial score (nSPS) is 9.93. The number of phenols is 1. The summed E-state index contributed by atoms with van der Waals surface area (Å²) >= 11 is 0. The van der Waals surface area contributed by atoms with Crippen molar-refractivity contribution in [3.05, 3.63) is 367 Å². The number of aromatic nitrogens is 6. The first-order valence-electron chi connectivity index (χ1n) is 32.5. The number of aliphatic hydroxyl groups is 3. The largest absolute Gasteiger partial charge is 0.512 e. The summed E-state index contributed by atoms with van der Waals surface area (Å²) in [6, 6.07) is 76.1. The van der Waals surface area contributed by atoms with Gasteiger partial charge in [0.1, 0.15) is 5.75 Å². The number of aliphatic hydroxyl groups excluding tert-OH is 3. The van der Waals surface area contributed by atoms with E-state index < -0.39 is 23.3 Å². The second-order valence-electron chi connectivity index (χ2n) is 22.7. The van der Waals surface area contributed by atoms with Crippen LogP contribution in [0.2, 0.25) is 0 Å². The van der Waals surface area contributed by atoms with Crippen LogP contribution in [0, 0.1) is 79.1 Å². The number of nitrogens with one attached hydrogen (secondary N) is 1. The minimum absolute atomic E-state index is 0. The van der Waals surface area contributed by atoms with E-state index in [9.17, 15) is 41.0 Å². The van der Waals surface area contributed by atoms with Crippen LogP contribution >= 0.6 is 0 Å². The van der Waals surface area contributed by atoms with Crippen molar-refractivity contribution >= 4 is 11.6 Å². The van der Waals surface area contributed by atoms with Crippen molar-refractivity contribution in [2.75, 3.05) is 7.05 Å². The van der Waals surface area contributed by atoms with Gasteiger partial charge in [-0.3, -0.25) is 45.9 Å². The van der Waals surface area contributed by atoms with Gasteiger partial charge in [0.2, 0.25) is 0 Å². The third-order valence-electron chi connectivity index (χ3n) is 13.9. The molecule has 0 saturated carbocycles. The Morgan fingerprint density at radius 2 is 0.811 bits per heavy atom. The van der Waals surface area contributed by atoms with E-state index in [1.54, 1.807) is 61.3 Å². The summed E-state index contributed by atoms with van der Waals surface area (Å²) in [6.07, 6.45) is 12.4. The third-order valence-corrected chi connectivity index (χ3v) is 13.9. The van der Waals surface area contributed by atoms with Crippen LogP contribution in [0.15, 0.2) is 279 Å². The van der Waals surface area contributed by atoms with Crippen molar-refractivity contribution in [1.29, 1.82) is 0 Å². The summed E-state index contributed by atoms with van der Waals surface area (Å²) in [5.74, 6) is -3.04. The molecular formula is C87H74F6Ir4N7O6Pt-5. The van der Waals surface area contributed by atoms with E-state index in [4.69, 9.17) is 15.3 Å². The number of rotatable bonds is 12. The molecule has 0 aliphatic rings. The van der Waals surface area contributed by atoms with Crippen molar-refractivity contribution in [1.82, 2.24) is 35.2 Å². The number of allylic oxidation sites excluding steroid dienone is 4. The molecule has 0 amide bonds. The molecule has 4 radical (unpaired) electrons. The second-order valence-corrected chi connectivity index (χ2v) is 22.7. The van der Waals surface area contributed by atoms with Gasteiger partial charge in [0, 0.05) is 209 Å². The Morgan fingerprint density at radius 1 is 0.414 bits per heavy atom. The molecule has 0 aliphatic carbocycles. The molecule has 0 saturated heterocycles. The summed E-state index contributed by atoms with van der Waals surface area (Å²) in [7, 11) is 1.89. The molecular weight excluding hydrogens is 2320 g/mol. The molecule has 5 N–H and O–H groups in total. The van der Waals surface area contributed by atoms with Crippen molar-refractivity contribution < 1.29 is 158 Å². The van der Waals surface area contributed by atoms with Gasteiger partial charge in [0.25, 0.3) is 0 Å². The van der Waals surface area contributed by atoms with Crippen LogP contribution in [0.5, 0.6) is 5.75 Å². The molecule has 13 rings (SSSR count). The first-order chi connectivity index (χ1) is 51.0. The SMILES string of the molecule is CC(=O)C=C(C)O.CC(=O)C=C(C)O.CNCc1ccnc(-c2[c-]cc(F)cc2)c1.Cc1ccnc(-c2[c-]cc(F)cc2)c1.Cc1ccnc(-c2[c-]cc(F)cc2F)c1.OCc1ccnc(-c2[c-]cc(F)cc2F)c1.Oc1ccccc1-c1ccccc1.[Ir].[Ir].[Ir].[Ir].[Pt].[c-]1c(-c2ccccn2)cccc1-c1ccccn1. The third kappa shape index (κ3) is 36.9. The minimum atomic E-state index is -0.720. The average Bonchev–Trinajstić information content (AvgIpc) is 0.848. The first-order valence-corrected chi connectivity index (χ1v) is 32.5. The number of phenolic OH excluding ortho intramolecular Hbond substituents is 1. The molecule has 0 aliphatic heterocycles. The van der Waals surface area contributed by atoms with Gasteiger partial charge in [0.15, 0.2) is 11.6 Å². The molecule has 24 heteroatoms. The zero-order chi connectivity index (χ0) is 76.8. The molecule has 13 aromatic rings. The van der Waals surface area contributed by atoms with E-state index in [0.717, 1.165) is 104 Å². The predicted octanol–water partition coefficient (Wildman–Crippen LogP) is 19.6. The minimum Gasteiger partial charge on any atom is -0.512 e. The molecule has 6 aromatic heterocycles. The number of hydrogen-bond donors (Lipinski definition) is 5. The van der Waals surface area contributed by atoms with E-state index in [0.29, 0.717) is 22.7 Å². The van der Waals surface area contributed by atoms with Gasteiger partial charge in [-0.05, 0) is 131 Å². The van der Waals surface area contributed by atoms with Crippen molar-refractivity contribution in [3.63, 3.8) is 0 Å². The van der Waals surface area contributed by atoms with Gasteiger partial charge in [0.05, 0.1) is 18.1 Å². The van der Waals surface area contributed by atoms with Crippen molar-refractivity contribution in [2.45, 2.75) is 54.7 Å². The standard InChI is InChI=1S/C16H11N2.C13H12FN2.C12H8F2NO.C12H8F2N.C12H9FN.C12H10O.2C5H8O2.4Ir.Pt/c1-3-10-17-15(8-1)13-6-5-7-14(12-13)16-9-2-4-11-18-16;1-15-9-10-6-7-16-13(8-10)11-2-4-12(14)5-3-11;13-9-1-2-10(11(14)6-9)12-5-8(7-16)3-4-15-12;1-8-4-5-15-12(6-8)10-3-2-9(13)7-11(10)14;1-9-6-7-14-12(8-9)10-2-4-11(13)5-3-10;13-12-9-5-4-8-11(12)10-6-2-1-3-7-10;2*1-4(6)3-5(2)7;;;;;/h1-11H;2,4-8,15H,9H2,1H3;1,3-6,16H,7H2;2,4-7H,1H3;2,4-8H,1H3;1-9,13H;2*3,6H,1-2H3;;;;;/q5*-1;;;;;;;;. The Kier molecular flexibility index (Phi) is 48.5. The van der Waals surface area contributed by atoms with Crippen LogP contribution in [-0.2, 0) is 124 Å². The fourth-order valence-corrected chi connectivity index (χ4v) is 9.15. The van der Waals surface area contributed by atoms with Crippen LogP contribution < -0.4 is 5.32 Å². The summed E-state index contributed by atoms with van der Waals surface area (Å²) in [5, 5.41) is 38.3. The predicted molar refractivity (Wildman–Crippen MR) is 401 cm³/mol. The molecule has 6 heterocycles. The Morgan fingerprint density at radius 3 is 1.21 bits per heavy atom. The molecule has 586 valence electrons. The van der Waals surface area contributed by atoms with Crippen LogP contribution in [0.1, 0.15) is 49.9 Å². The Hall–Kier alpha value is -9.55. The smallest absolute Gasteiger partial charge is 0.155 e. The van der Waals surface area contributed by atoms with Crippen molar-refractivity contribution in [3.8, 4) is 84.4 Å². The molecule has 111 heavy (non-hydrogen) atoms. The van der Waals surface area contributed by atoms with Gasteiger partial charge < -0.3 is 45.7 Å². The second kappa shape index (κ2) is 54.1. The number of halogens is 6. The van der Waals surface area contributed by atoms with Crippen LogP contribution in [0.4, 0.5) is 26.3 Å². The van der Waals surface area contributed by atoms with Gasteiger partial charge in [-0.1, -0.05) is 143 Å². The number of ketones is 2. The monoisotopic (exact) mass is 2390 g/mol. The first kappa shape index (κ1) is 99.5. The van der Waals surface area contributed by atoms with Gasteiger partial charge in [-0.2, -0.15) is 0 Å². The van der Waals surface area contributed by atoms with Crippen LogP contribution in [0.25, 0.3) is 78.7 Å². The molecule has 0 bridgehead atoms. The maximum atomic E-state index is 13.4. The number of nitrogens with zero attached hydrogens (tertiary/aromatic N) is 6. The molecule has 0 atom stereocenters. The molecule has 0 fully saturated rings. The van der Waals surface area contributed by atoms with Crippen LogP contribution in [-0.4, -0.2) is 68.9 Å². The van der Waals surface area contributed by atoms with Crippen molar-refractivity contribution in [2.24, 2.45) is 0 Å². The van der Waals surface area contributed by atoms with Gasteiger partial charge >= 0.3 is 0 Å². The summed E-state index contributed by atoms with van der Waals surface area (Å²) in [6.45, 7) is 10.2. The summed E-state index contributed by atoms with van der Waals surface area (Å²) in [5.41, 5.74) is 13.9. The average molecular weight is 2390 g/mol. The molecule has 0 spiro atoms. The van der Waals surface area contributed by atoms with E-state index in [1.165, 1.54) is 76.4 Å². The van der Waals surface area contributed by atoms with E-state index in [-0.39, 0.29) is 154 Å². The maximum absolute atomic E-state index is 13.4. The fourth-order valence-electron chi connectivity index (χ4n) is 9.15. The quantitative estimate of drug-likeness (QED) is 0.0335. The van der Waals surface area contributed by atoms with Crippen LogP contribution in [0.3, 0.4) is 0 Å². The topological polar surface area (TPSA) is 204 Å². The number of carbonyl (C=O) groups excluding carboxylic acids is 2. The molecule has 13 nitrogen and oxygen atoms in total. The van der Waals surface area contributed by atoms with Gasteiger partial charge in [-0.15, -0.1) is 108 Å². The fraction of sp³-hybridized carbons (Fsp3) is 0.103. The zero-order valence-electron chi connectivity index (χ0n) is 60.5. The number of hydrogen-bond acceptors (Lipinski definition) is 13. The maximum Gasteiger partial charge on any atom is 0.155 e. The number of aromatic hydroxyl groups is 1. The van der Waals surface area contributed by atoms with Gasteiger partial charge in [-0.25, -0.2) is 0 Å².